The molecule has 2 atom stereocenters. The Kier molecular flexibility index (Phi) is 7.02. The quantitative estimate of drug-likeness (QED) is 0.611. The Bertz CT molecular complexity index is 433. The van der Waals surface area contributed by atoms with Gasteiger partial charge in [0.2, 0.25) is 0 Å². The fourth-order valence-corrected chi connectivity index (χ4v) is 1.93. The van der Waals surface area contributed by atoms with E-state index in [-0.39, 0.29) is 18.5 Å². The first kappa shape index (κ1) is 16.4. The van der Waals surface area contributed by atoms with Crippen LogP contribution in [0.3, 0.4) is 0 Å². The maximum absolute atomic E-state index is 12.0. The zero-order valence-electron chi connectivity index (χ0n) is 12.5. The average molecular weight is 276 g/mol. The molecule has 1 aromatic rings. The average Bonchev–Trinajstić information content (AvgIpc) is 2.44. The number of esters is 1. The van der Waals surface area contributed by atoms with Gasteiger partial charge in [-0.15, -0.1) is 0 Å². The van der Waals surface area contributed by atoms with E-state index in [1.807, 2.05) is 13.0 Å². The Morgan fingerprint density at radius 2 is 1.95 bits per heavy atom. The molecular weight excluding hydrogens is 252 g/mol. The summed E-state index contributed by atoms with van der Waals surface area (Å²) >= 11 is 0. The van der Waals surface area contributed by atoms with Gasteiger partial charge in [0.1, 0.15) is 6.10 Å². The summed E-state index contributed by atoms with van der Waals surface area (Å²) in [4.78, 5) is 12.0. The van der Waals surface area contributed by atoms with E-state index in [1.54, 1.807) is 24.3 Å². The van der Waals surface area contributed by atoms with Crippen LogP contribution in [0.15, 0.2) is 42.0 Å². The summed E-state index contributed by atoms with van der Waals surface area (Å²) in [5, 5.41) is 9.41. The zero-order valence-corrected chi connectivity index (χ0v) is 12.5. The van der Waals surface area contributed by atoms with Crippen LogP contribution in [0.4, 0.5) is 0 Å². The second-order valence-electron chi connectivity index (χ2n) is 5.33. The maximum atomic E-state index is 12.0. The Morgan fingerprint density at radius 3 is 2.50 bits per heavy atom. The predicted molar refractivity (Wildman–Crippen MR) is 80.6 cm³/mol. The highest BCUT2D eigenvalue weighted by Crippen LogP contribution is 2.16. The van der Waals surface area contributed by atoms with Crippen molar-refractivity contribution in [1.29, 1.82) is 0 Å². The molecule has 0 aliphatic carbocycles. The van der Waals surface area contributed by atoms with Gasteiger partial charge in [0.05, 0.1) is 12.2 Å². The van der Waals surface area contributed by atoms with Crippen molar-refractivity contribution in [3.8, 4) is 0 Å². The Hall–Kier alpha value is -1.61. The van der Waals surface area contributed by atoms with E-state index >= 15 is 0 Å². The first-order valence-electron chi connectivity index (χ1n) is 7.04. The van der Waals surface area contributed by atoms with Gasteiger partial charge >= 0.3 is 5.97 Å². The number of rotatable bonds is 7. The number of carbonyl (C=O) groups is 1. The van der Waals surface area contributed by atoms with Crippen molar-refractivity contribution in [2.75, 3.05) is 6.61 Å². The predicted octanol–water partition coefficient (Wildman–Crippen LogP) is 3.59. The van der Waals surface area contributed by atoms with E-state index < -0.39 is 6.10 Å². The van der Waals surface area contributed by atoms with Gasteiger partial charge in [0, 0.05) is 0 Å². The molecule has 1 aromatic carbocycles. The summed E-state index contributed by atoms with van der Waals surface area (Å²) in [6, 6.07) is 8.86. The van der Waals surface area contributed by atoms with E-state index in [2.05, 4.69) is 19.9 Å². The molecule has 1 rings (SSSR count). The normalized spacial score (nSPS) is 13.4. The summed E-state index contributed by atoms with van der Waals surface area (Å²) in [5.74, 6) is -0.248. The lowest BCUT2D eigenvalue weighted by Crippen LogP contribution is -2.28. The first-order chi connectivity index (χ1) is 9.54. The number of benzene rings is 1. The van der Waals surface area contributed by atoms with Crippen LogP contribution < -0.4 is 0 Å². The molecule has 0 bridgehead atoms. The van der Waals surface area contributed by atoms with Crippen molar-refractivity contribution in [2.45, 2.75) is 39.7 Å². The maximum Gasteiger partial charge on any atom is 0.338 e. The monoisotopic (exact) mass is 276 g/mol. The number of ether oxygens (including phenoxy) is 1. The molecule has 0 radical (unpaired) electrons. The van der Waals surface area contributed by atoms with Crippen LogP contribution in [-0.2, 0) is 4.74 Å². The molecular formula is C17H24O3. The molecule has 0 unspecified atom stereocenters. The lowest BCUT2D eigenvalue weighted by molar-refractivity contribution is -0.00525. The summed E-state index contributed by atoms with van der Waals surface area (Å²) in [6.45, 7) is 5.97. The molecule has 0 aliphatic heterocycles. The molecule has 0 aliphatic rings. The molecule has 0 fully saturated rings. The van der Waals surface area contributed by atoms with Gasteiger partial charge in [-0.1, -0.05) is 36.8 Å². The smallest absolute Gasteiger partial charge is 0.338 e. The molecule has 110 valence electrons. The van der Waals surface area contributed by atoms with Crippen LogP contribution in [0, 0.1) is 5.92 Å². The number of aliphatic hydroxyl groups is 1. The minimum atomic E-state index is -0.451. The van der Waals surface area contributed by atoms with Crippen molar-refractivity contribution in [3.05, 3.63) is 47.5 Å². The molecule has 0 heterocycles. The molecule has 0 spiro atoms. The summed E-state index contributed by atoms with van der Waals surface area (Å²) in [7, 11) is 0. The molecule has 1 N–H and O–H groups in total. The topological polar surface area (TPSA) is 46.5 Å². The SMILES string of the molecule is CC(C)=CCC[C@H](C)[C@H](CO)OC(=O)c1ccccc1. The van der Waals surface area contributed by atoms with Crippen LogP contribution in [0.1, 0.15) is 44.0 Å². The fourth-order valence-electron chi connectivity index (χ4n) is 1.93. The third kappa shape index (κ3) is 5.57. The number of aliphatic hydroxyl groups excluding tert-OH is 1. The van der Waals surface area contributed by atoms with Gasteiger partial charge in [-0.25, -0.2) is 4.79 Å². The van der Waals surface area contributed by atoms with Crippen LogP contribution in [-0.4, -0.2) is 23.8 Å². The molecule has 3 heteroatoms. The van der Waals surface area contributed by atoms with Crippen LogP contribution in [0.5, 0.6) is 0 Å². The highest BCUT2D eigenvalue weighted by atomic mass is 16.6. The van der Waals surface area contributed by atoms with Crippen molar-refractivity contribution in [3.63, 3.8) is 0 Å². The van der Waals surface area contributed by atoms with Crippen molar-refractivity contribution in [1.82, 2.24) is 0 Å². The van der Waals surface area contributed by atoms with Gasteiger partial charge in [-0.2, -0.15) is 0 Å². The number of hydrogen-bond acceptors (Lipinski definition) is 3. The zero-order chi connectivity index (χ0) is 15.0. The van der Waals surface area contributed by atoms with Crippen LogP contribution in [0.2, 0.25) is 0 Å². The number of hydrogen-bond donors (Lipinski definition) is 1. The second kappa shape index (κ2) is 8.54. The van der Waals surface area contributed by atoms with Gasteiger partial charge in [0.25, 0.3) is 0 Å². The Labute approximate surface area is 121 Å². The van der Waals surface area contributed by atoms with Gasteiger partial charge in [0.15, 0.2) is 0 Å². The third-order valence-corrected chi connectivity index (χ3v) is 3.26. The minimum absolute atomic E-state index is 0.128. The van der Waals surface area contributed by atoms with Gasteiger partial charge in [-0.3, -0.25) is 0 Å². The van der Waals surface area contributed by atoms with E-state index in [0.29, 0.717) is 5.56 Å². The molecule has 0 saturated carbocycles. The lowest BCUT2D eigenvalue weighted by atomic mass is 9.98. The van der Waals surface area contributed by atoms with Crippen molar-refractivity contribution < 1.29 is 14.6 Å². The first-order valence-corrected chi connectivity index (χ1v) is 7.04. The fraction of sp³-hybridized carbons (Fsp3) is 0.471. The van der Waals surface area contributed by atoms with Crippen molar-refractivity contribution in [2.24, 2.45) is 5.92 Å². The van der Waals surface area contributed by atoms with Crippen LogP contribution in [0.25, 0.3) is 0 Å². The summed E-state index contributed by atoms with van der Waals surface area (Å²) in [6.07, 6.45) is 3.53. The number of allylic oxidation sites excluding steroid dienone is 2. The molecule has 0 aromatic heterocycles. The molecule has 0 amide bonds. The molecule has 20 heavy (non-hydrogen) atoms. The largest absolute Gasteiger partial charge is 0.456 e. The van der Waals surface area contributed by atoms with E-state index in [9.17, 15) is 9.90 Å². The van der Waals surface area contributed by atoms with Gasteiger partial charge in [-0.05, 0) is 44.7 Å². The Morgan fingerprint density at radius 1 is 1.30 bits per heavy atom. The standard InChI is InChI=1S/C17H24O3/c1-13(2)8-7-9-14(3)16(12-18)20-17(19)15-10-5-4-6-11-15/h4-6,8,10-11,14,16,18H,7,9,12H2,1-3H3/t14-,16-/m0/s1. The highest BCUT2D eigenvalue weighted by Gasteiger charge is 2.21. The number of carbonyl (C=O) groups excluding carboxylic acids is 1. The van der Waals surface area contributed by atoms with E-state index in [4.69, 9.17) is 4.74 Å². The molecule has 0 saturated heterocycles. The highest BCUT2D eigenvalue weighted by molar-refractivity contribution is 5.89. The summed E-state index contributed by atoms with van der Waals surface area (Å²) in [5.41, 5.74) is 1.79. The second-order valence-corrected chi connectivity index (χ2v) is 5.33. The van der Waals surface area contributed by atoms with Crippen LogP contribution >= 0.6 is 0 Å². The van der Waals surface area contributed by atoms with E-state index in [1.165, 1.54) is 5.57 Å². The summed E-state index contributed by atoms with van der Waals surface area (Å²) < 4.78 is 5.40. The third-order valence-electron chi connectivity index (χ3n) is 3.26. The molecule has 3 nitrogen and oxygen atoms in total. The lowest BCUT2D eigenvalue weighted by Gasteiger charge is -2.22. The van der Waals surface area contributed by atoms with Crippen molar-refractivity contribution >= 4 is 5.97 Å². The van der Waals surface area contributed by atoms with E-state index in [0.717, 1.165) is 12.8 Å². The Balaban J connectivity index is 2.54. The van der Waals surface area contributed by atoms with Gasteiger partial charge < -0.3 is 9.84 Å². The minimum Gasteiger partial charge on any atom is -0.456 e.